The first-order valence-corrected chi connectivity index (χ1v) is 7.38. The van der Waals surface area contributed by atoms with E-state index in [-0.39, 0.29) is 36.5 Å². The number of carbonyl (C=O) groups is 1. The number of rotatable bonds is 8. The summed E-state index contributed by atoms with van der Waals surface area (Å²) in [6.07, 6.45) is 0.258. The van der Waals surface area contributed by atoms with Crippen molar-refractivity contribution >= 4 is 6.03 Å². The van der Waals surface area contributed by atoms with E-state index < -0.39 is 5.82 Å². The van der Waals surface area contributed by atoms with Crippen LogP contribution in [0.4, 0.5) is 9.18 Å². The SMILES string of the molecule is CC(CNC(=O)NCC(C)(C)CCO)Oc1ccccc1F. The number of halogens is 1. The molecule has 0 saturated carbocycles. The number of aliphatic hydroxyl groups is 1. The van der Waals surface area contributed by atoms with E-state index in [1.165, 1.54) is 6.07 Å². The molecule has 0 aromatic heterocycles. The van der Waals surface area contributed by atoms with Crippen LogP contribution in [0.25, 0.3) is 0 Å². The molecule has 0 heterocycles. The van der Waals surface area contributed by atoms with Crippen molar-refractivity contribution < 1.29 is 19.0 Å². The fourth-order valence-electron chi connectivity index (χ4n) is 1.81. The van der Waals surface area contributed by atoms with Crippen LogP contribution >= 0.6 is 0 Å². The lowest BCUT2D eigenvalue weighted by Gasteiger charge is -2.24. The van der Waals surface area contributed by atoms with Crippen molar-refractivity contribution in [2.45, 2.75) is 33.3 Å². The quantitative estimate of drug-likeness (QED) is 0.690. The van der Waals surface area contributed by atoms with Crippen LogP contribution in [0.15, 0.2) is 24.3 Å². The zero-order valence-corrected chi connectivity index (χ0v) is 13.4. The molecule has 1 aromatic carbocycles. The van der Waals surface area contributed by atoms with E-state index in [1.54, 1.807) is 25.1 Å². The van der Waals surface area contributed by atoms with Gasteiger partial charge in [-0.1, -0.05) is 26.0 Å². The van der Waals surface area contributed by atoms with E-state index in [4.69, 9.17) is 9.84 Å². The minimum absolute atomic E-state index is 0.0871. The molecule has 1 rings (SSSR count). The number of hydrogen-bond acceptors (Lipinski definition) is 3. The van der Waals surface area contributed by atoms with Crippen LogP contribution in [0.1, 0.15) is 27.2 Å². The Balaban J connectivity index is 2.30. The summed E-state index contributed by atoms with van der Waals surface area (Å²) in [4.78, 5) is 11.7. The third-order valence-corrected chi connectivity index (χ3v) is 3.23. The fraction of sp³-hybridized carbons (Fsp3) is 0.562. The number of hydrogen-bond donors (Lipinski definition) is 3. The highest BCUT2D eigenvalue weighted by molar-refractivity contribution is 5.73. The molecule has 1 atom stereocenters. The third kappa shape index (κ3) is 6.76. The van der Waals surface area contributed by atoms with Crippen LogP contribution < -0.4 is 15.4 Å². The molecule has 0 bridgehead atoms. The van der Waals surface area contributed by atoms with Crippen LogP contribution in [0.3, 0.4) is 0 Å². The lowest BCUT2D eigenvalue weighted by atomic mass is 9.90. The summed E-state index contributed by atoms with van der Waals surface area (Å²) in [7, 11) is 0. The Bertz CT molecular complexity index is 480. The van der Waals surface area contributed by atoms with Crippen LogP contribution in [-0.2, 0) is 0 Å². The minimum Gasteiger partial charge on any atom is -0.486 e. The predicted octanol–water partition coefficient (Wildman–Crippen LogP) is 2.30. The van der Waals surface area contributed by atoms with Crippen molar-refractivity contribution in [1.82, 2.24) is 10.6 Å². The summed E-state index contributed by atoms with van der Waals surface area (Å²) in [6, 6.07) is 5.84. The first-order chi connectivity index (χ1) is 10.3. The van der Waals surface area contributed by atoms with Crippen LogP contribution in [-0.4, -0.2) is 36.9 Å². The van der Waals surface area contributed by atoms with E-state index >= 15 is 0 Å². The van der Waals surface area contributed by atoms with Gasteiger partial charge in [0, 0.05) is 13.2 Å². The van der Waals surface area contributed by atoms with Gasteiger partial charge in [-0.25, -0.2) is 9.18 Å². The van der Waals surface area contributed by atoms with Gasteiger partial charge in [-0.15, -0.1) is 0 Å². The molecule has 0 saturated heterocycles. The third-order valence-electron chi connectivity index (χ3n) is 3.23. The first-order valence-electron chi connectivity index (χ1n) is 7.38. The molecule has 3 N–H and O–H groups in total. The molecular formula is C16H25FN2O3. The zero-order valence-electron chi connectivity index (χ0n) is 13.4. The lowest BCUT2D eigenvalue weighted by Crippen LogP contribution is -2.43. The Kier molecular flexibility index (Phi) is 7.11. The Morgan fingerprint density at radius 1 is 1.36 bits per heavy atom. The molecule has 0 fully saturated rings. The average molecular weight is 312 g/mol. The highest BCUT2D eigenvalue weighted by Gasteiger charge is 2.18. The van der Waals surface area contributed by atoms with Gasteiger partial charge in [-0.3, -0.25) is 0 Å². The number of carbonyl (C=O) groups excluding carboxylic acids is 1. The van der Waals surface area contributed by atoms with Gasteiger partial charge in [0.1, 0.15) is 6.10 Å². The number of ether oxygens (including phenoxy) is 1. The monoisotopic (exact) mass is 312 g/mol. The number of amides is 2. The van der Waals surface area contributed by atoms with E-state index in [9.17, 15) is 9.18 Å². The van der Waals surface area contributed by atoms with Gasteiger partial charge in [0.05, 0.1) is 6.54 Å². The Morgan fingerprint density at radius 2 is 2.05 bits per heavy atom. The normalized spacial score (nSPS) is 12.6. The predicted molar refractivity (Wildman–Crippen MR) is 83.4 cm³/mol. The summed E-state index contributed by atoms with van der Waals surface area (Å²) in [5, 5.41) is 14.4. The van der Waals surface area contributed by atoms with Crippen molar-refractivity contribution in [3.8, 4) is 5.75 Å². The molecule has 5 nitrogen and oxygen atoms in total. The van der Waals surface area contributed by atoms with Gasteiger partial charge in [0.25, 0.3) is 0 Å². The molecular weight excluding hydrogens is 287 g/mol. The maximum atomic E-state index is 13.4. The Labute approximate surface area is 130 Å². The highest BCUT2D eigenvalue weighted by Crippen LogP contribution is 2.18. The van der Waals surface area contributed by atoms with Crippen molar-refractivity contribution in [2.24, 2.45) is 5.41 Å². The zero-order chi connectivity index (χ0) is 16.6. The summed E-state index contributed by atoms with van der Waals surface area (Å²) >= 11 is 0. The molecule has 6 heteroatoms. The number of nitrogens with one attached hydrogen (secondary N) is 2. The molecule has 0 spiro atoms. The van der Waals surface area contributed by atoms with E-state index in [1.807, 2.05) is 13.8 Å². The summed E-state index contributed by atoms with van der Waals surface area (Å²) in [5.41, 5.74) is -0.165. The number of aliphatic hydroxyl groups excluding tert-OH is 1. The van der Waals surface area contributed by atoms with Crippen molar-refractivity contribution in [2.75, 3.05) is 19.7 Å². The number of urea groups is 1. The summed E-state index contributed by atoms with van der Waals surface area (Å²) in [5.74, 6) is -0.258. The summed E-state index contributed by atoms with van der Waals surface area (Å²) in [6.45, 7) is 6.50. The van der Waals surface area contributed by atoms with Crippen LogP contribution in [0.5, 0.6) is 5.75 Å². The van der Waals surface area contributed by atoms with Gasteiger partial charge >= 0.3 is 6.03 Å². The minimum atomic E-state index is -0.426. The van der Waals surface area contributed by atoms with Crippen molar-refractivity contribution in [3.05, 3.63) is 30.1 Å². The van der Waals surface area contributed by atoms with E-state index in [0.29, 0.717) is 13.0 Å². The van der Waals surface area contributed by atoms with E-state index in [2.05, 4.69) is 10.6 Å². The van der Waals surface area contributed by atoms with Gasteiger partial charge in [-0.2, -0.15) is 0 Å². The fourth-order valence-corrected chi connectivity index (χ4v) is 1.81. The maximum Gasteiger partial charge on any atom is 0.314 e. The standard InChI is InChI=1S/C16H25FN2O3/c1-12(22-14-7-5-4-6-13(14)17)10-18-15(21)19-11-16(2,3)8-9-20/h4-7,12,20H,8-11H2,1-3H3,(H2,18,19,21). The molecule has 0 aliphatic heterocycles. The van der Waals surface area contributed by atoms with Crippen molar-refractivity contribution in [3.63, 3.8) is 0 Å². The maximum absolute atomic E-state index is 13.4. The highest BCUT2D eigenvalue weighted by atomic mass is 19.1. The van der Waals surface area contributed by atoms with Gasteiger partial charge in [-0.05, 0) is 30.9 Å². The molecule has 22 heavy (non-hydrogen) atoms. The first kappa shape index (κ1) is 18.2. The van der Waals surface area contributed by atoms with E-state index in [0.717, 1.165) is 0 Å². The second kappa shape index (κ2) is 8.58. The van der Waals surface area contributed by atoms with Gasteiger partial charge < -0.3 is 20.5 Å². The Morgan fingerprint density at radius 3 is 2.68 bits per heavy atom. The Hall–Kier alpha value is -1.82. The largest absolute Gasteiger partial charge is 0.486 e. The molecule has 0 radical (unpaired) electrons. The van der Waals surface area contributed by atoms with Crippen molar-refractivity contribution in [1.29, 1.82) is 0 Å². The van der Waals surface area contributed by atoms with Crippen LogP contribution in [0, 0.1) is 11.2 Å². The average Bonchev–Trinajstić information content (AvgIpc) is 2.45. The van der Waals surface area contributed by atoms with Gasteiger partial charge in [0.15, 0.2) is 11.6 Å². The summed E-state index contributed by atoms with van der Waals surface area (Å²) < 4.78 is 18.9. The van der Waals surface area contributed by atoms with Crippen LogP contribution in [0.2, 0.25) is 0 Å². The molecule has 2 amide bonds. The second-order valence-electron chi connectivity index (χ2n) is 6.06. The molecule has 1 aromatic rings. The number of para-hydroxylation sites is 1. The molecule has 124 valence electrons. The topological polar surface area (TPSA) is 70.6 Å². The molecule has 0 aliphatic rings. The second-order valence-corrected chi connectivity index (χ2v) is 6.06. The molecule has 1 unspecified atom stereocenters. The lowest BCUT2D eigenvalue weighted by molar-refractivity contribution is 0.191. The smallest absolute Gasteiger partial charge is 0.314 e. The number of benzene rings is 1. The molecule has 0 aliphatic carbocycles. The van der Waals surface area contributed by atoms with Gasteiger partial charge in [0.2, 0.25) is 0 Å².